The molecule has 0 saturated carbocycles. The summed E-state index contributed by atoms with van der Waals surface area (Å²) in [5, 5.41) is 0.316. The summed E-state index contributed by atoms with van der Waals surface area (Å²) in [5.41, 5.74) is 6.54. The lowest BCUT2D eigenvalue weighted by atomic mass is 9.99. The van der Waals surface area contributed by atoms with Gasteiger partial charge in [0.1, 0.15) is 17.5 Å². The quantitative estimate of drug-likeness (QED) is 0.906. The number of halogens is 4. The molecule has 5 heteroatoms. The standard InChI is InChI=1S/C14H11ClF3N/c15-12-4-3-9(16)6-11(12)14(19)5-8-1-2-10(17)7-13(8)18/h1-4,6-7,14H,5,19H2. The molecule has 19 heavy (non-hydrogen) atoms. The molecule has 2 aromatic carbocycles. The van der Waals surface area contributed by atoms with Crippen molar-refractivity contribution in [3.8, 4) is 0 Å². The Morgan fingerprint density at radius 3 is 2.32 bits per heavy atom. The van der Waals surface area contributed by atoms with E-state index >= 15 is 0 Å². The molecule has 0 saturated heterocycles. The van der Waals surface area contributed by atoms with Crippen LogP contribution in [0.15, 0.2) is 36.4 Å². The van der Waals surface area contributed by atoms with Crippen molar-refractivity contribution in [2.24, 2.45) is 5.73 Å². The van der Waals surface area contributed by atoms with Gasteiger partial charge in [0.25, 0.3) is 0 Å². The van der Waals surface area contributed by atoms with Gasteiger partial charge in [0.15, 0.2) is 0 Å². The lowest BCUT2D eigenvalue weighted by Gasteiger charge is -2.14. The van der Waals surface area contributed by atoms with Crippen LogP contribution in [-0.4, -0.2) is 0 Å². The third-order valence-corrected chi connectivity index (χ3v) is 3.16. The summed E-state index contributed by atoms with van der Waals surface area (Å²) in [5.74, 6) is -1.80. The largest absolute Gasteiger partial charge is 0.324 e. The van der Waals surface area contributed by atoms with Crippen molar-refractivity contribution in [2.75, 3.05) is 0 Å². The normalized spacial score (nSPS) is 12.5. The van der Waals surface area contributed by atoms with Gasteiger partial charge in [-0.25, -0.2) is 13.2 Å². The smallest absolute Gasteiger partial charge is 0.129 e. The highest BCUT2D eigenvalue weighted by Gasteiger charge is 2.14. The zero-order chi connectivity index (χ0) is 14.0. The minimum Gasteiger partial charge on any atom is -0.324 e. The molecule has 2 aromatic rings. The number of rotatable bonds is 3. The minimum atomic E-state index is -0.678. The van der Waals surface area contributed by atoms with Crippen molar-refractivity contribution >= 4 is 11.6 Å². The number of benzene rings is 2. The molecule has 0 radical (unpaired) electrons. The van der Waals surface area contributed by atoms with Gasteiger partial charge < -0.3 is 5.73 Å². The number of nitrogens with two attached hydrogens (primary N) is 1. The maximum Gasteiger partial charge on any atom is 0.129 e. The maximum absolute atomic E-state index is 13.5. The molecule has 0 heterocycles. The van der Waals surface area contributed by atoms with Crippen molar-refractivity contribution < 1.29 is 13.2 Å². The first-order valence-corrected chi connectivity index (χ1v) is 5.99. The molecule has 1 nitrogen and oxygen atoms in total. The summed E-state index contributed by atoms with van der Waals surface area (Å²) in [6.07, 6.45) is 0.106. The van der Waals surface area contributed by atoms with E-state index in [-0.39, 0.29) is 12.0 Å². The molecule has 0 fully saturated rings. The Morgan fingerprint density at radius 1 is 1.00 bits per heavy atom. The van der Waals surface area contributed by atoms with Crippen molar-refractivity contribution in [3.63, 3.8) is 0 Å². The van der Waals surface area contributed by atoms with Gasteiger partial charge in [-0.1, -0.05) is 17.7 Å². The van der Waals surface area contributed by atoms with Gasteiger partial charge in [0, 0.05) is 17.1 Å². The van der Waals surface area contributed by atoms with Crippen molar-refractivity contribution in [1.29, 1.82) is 0 Å². The Hall–Kier alpha value is -1.52. The van der Waals surface area contributed by atoms with Crippen molar-refractivity contribution in [2.45, 2.75) is 12.5 Å². The molecule has 0 aliphatic heterocycles. The Balaban J connectivity index is 2.25. The van der Waals surface area contributed by atoms with Crippen LogP contribution in [0.1, 0.15) is 17.2 Å². The molecular weight excluding hydrogens is 275 g/mol. The summed E-state index contributed by atoms with van der Waals surface area (Å²) >= 11 is 5.92. The summed E-state index contributed by atoms with van der Waals surface area (Å²) < 4.78 is 39.4. The lowest BCUT2D eigenvalue weighted by molar-refractivity contribution is 0.562. The fourth-order valence-electron chi connectivity index (χ4n) is 1.83. The Labute approximate surface area is 113 Å². The second-order valence-corrected chi connectivity index (χ2v) is 4.62. The molecule has 2 N–H and O–H groups in total. The summed E-state index contributed by atoms with van der Waals surface area (Å²) in [7, 11) is 0. The average molecular weight is 286 g/mol. The molecule has 0 bridgehead atoms. The number of hydrogen-bond donors (Lipinski definition) is 1. The topological polar surface area (TPSA) is 26.0 Å². The molecule has 100 valence electrons. The van der Waals surface area contributed by atoms with E-state index in [2.05, 4.69) is 0 Å². The maximum atomic E-state index is 13.5. The molecule has 1 unspecified atom stereocenters. The van der Waals surface area contributed by atoms with Crippen LogP contribution in [0.5, 0.6) is 0 Å². The van der Waals surface area contributed by atoms with Crippen LogP contribution in [0.25, 0.3) is 0 Å². The predicted octanol–water partition coefficient (Wildman–Crippen LogP) is 4.00. The van der Waals surface area contributed by atoms with Crippen LogP contribution in [-0.2, 0) is 6.42 Å². The van der Waals surface area contributed by atoms with Crippen LogP contribution in [0, 0.1) is 17.5 Å². The summed E-state index contributed by atoms with van der Waals surface area (Å²) in [6.45, 7) is 0. The van der Waals surface area contributed by atoms with Gasteiger partial charge in [-0.3, -0.25) is 0 Å². The molecule has 0 spiro atoms. The highest BCUT2D eigenvalue weighted by atomic mass is 35.5. The van der Waals surface area contributed by atoms with Crippen molar-refractivity contribution in [3.05, 3.63) is 70.0 Å². The second-order valence-electron chi connectivity index (χ2n) is 4.21. The van der Waals surface area contributed by atoms with E-state index in [0.29, 0.717) is 10.6 Å². The molecule has 1 atom stereocenters. The van der Waals surface area contributed by atoms with E-state index in [1.165, 1.54) is 24.3 Å². The summed E-state index contributed by atoms with van der Waals surface area (Å²) in [4.78, 5) is 0. The van der Waals surface area contributed by atoms with Gasteiger partial charge in [-0.2, -0.15) is 0 Å². The summed E-state index contributed by atoms with van der Waals surface area (Å²) in [6, 6.07) is 6.42. The molecular formula is C14H11ClF3N. The van der Waals surface area contributed by atoms with Crippen LogP contribution >= 0.6 is 11.6 Å². The van der Waals surface area contributed by atoms with E-state index in [1.807, 2.05) is 0 Å². The molecule has 0 aromatic heterocycles. The van der Waals surface area contributed by atoms with Gasteiger partial charge in [0.05, 0.1) is 0 Å². The molecule has 0 aliphatic rings. The molecule has 0 aliphatic carbocycles. The second kappa shape index (κ2) is 5.63. The fourth-order valence-corrected chi connectivity index (χ4v) is 2.09. The van der Waals surface area contributed by atoms with Crippen LogP contribution < -0.4 is 5.73 Å². The Morgan fingerprint density at radius 2 is 1.63 bits per heavy atom. The zero-order valence-electron chi connectivity index (χ0n) is 9.84. The van der Waals surface area contributed by atoms with E-state index < -0.39 is 23.5 Å². The third kappa shape index (κ3) is 3.28. The van der Waals surface area contributed by atoms with Crippen LogP contribution in [0.4, 0.5) is 13.2 Å². The van der Waals surface area contributed by atoms with Gasteiger partial charge in [-0.15, -0.1) is 0 Å². The van der Waals surface area contributed by atoms with E-state index in [0.717, 1.165) is 12.1 Å². The van der Waals surface area contributed by atoms with Crippen LogP contribution in [0.3, 0.4) is 0 Å². The highest BCUT2D eigenvalue weighted by Crippen LogP contribution is 2.25. The minimum absolute atomic E-state index is 0.106. The number of hydrogen-bond acceptors (Lipinski definition) is 1. The van der Waals surface area contributed by atoms with Gasteiger partial charge >= 0.3 is 0 Å². The Bertz CT molecular complexity index is 601. The monoisotopic (exact) mass is 285 g/mol. The van der Waals surface area contributed by atoms with Gasteiger partial charge in [0.2, 0.25) is 0 Å². The fraction of sp³-hybridized carbons (Fsp3) is 0.143. The molecule has 2 rings (SSSR count). The first-order valence-electron chi connectivity index (χ1n) is 5.62. The third-order valence-electron chi connectivity index (χ3n) is 2.81. The van der Waals surface area contributed by atoms with Crippen molar-refractivity contribution in [1.82, 2.24) is 0 Å². The van der Waals surface area contributed by atoms with E-state index in [1.54, 1.807) is 0 Å². The van der Waals surface area contributed by atoms with E-state index in [4.69, 9.17) is 17.3 Å². The highest BCUT2D eigenvalue weighted by molar-refractivity contribution is 6.31. The Kier molecular flexibility index (Phi) is 4.12. The lowest BCUT2D eigenvalue weighted by Crippen LogP contribution is -2.15. The predicted molar refractivity (Wildman–Crippen MR) is 68.4 cm³/mol. The zero-order valence-corrected chi connectivity index (χ0v) is 10.6. The average Bonchev–Trinajstić information content (AvgIpc) is 2.35. The SMILES string of the molecule is NC(Cc1ccc(F)cc1F)c1cc(F)ccc1Cl. The first-order chi connectivity index (χ1) is 8.97. The van der Waals surface area contributed by atoms with E-state index in [9.17, 15) is 13.2 Å². The molecule has 0 amide bonds. The first kappa shape index (κ1) is 13.9. The van der Waals surface area contributed by atoms with Crippen LogP contribution in [0.2, 0.25) is 5.02 Å². The van der Waals surface area contributed by atoms with Gasteiger partial charge in [-0.05, 0) is 41.8 Å².